The molecule has 28 heavy (non-hydrogen) atoms. The minimum absolute atomic E-state index is 0.192. The minimum atomic E-state index is -4.57. The molecule has 2 N–H and O–H groups in total. The van der Waals surface area contributed by atoms with Gasteiger partial charge in [-0.2, -0.15) is 13.2 Å². The quantitative estimate of drug-likeness (QED) is 0.784. The van der Waals surface area contributed by atoms with E-state index >= 15 is 0 Å². The molecule has 3 amide bonds. The number of ether oxygens (including phenoxy) is 1. The second-order valence-corrected chi connectivity index (χ2v) is 6.96. The molecule has 0 saturated carbocycles. The van der Waals surface area contributed by atoms with E-state index in [1.165, 1.54) is 34.4 Å². The Morgan fingerprint density at radius 1 is 1.29 bits per heavy atom. The molecule has 0 unspecified atom stereocenters. The summed E-state index contributed by atoms with van der Waals surface area (Å²) < 4.78 is 44.0. The number of carbonyl (C=O) groups excluding carboxylic acids is 2. The molecule has 0 spiro atoms. The average molecular weight is 414 g/mol. The first-order valence-corrected chi connectivity index (χ1v) is 9.24. The van der Waals surface area contributed by atoms with Crippen molar-refractivity contribution in [2.24, 2.45) is 0 Å². The molecule has 3 rings (SSSR count). The number of carbonyl (C=O) groups is 2. The highest BCUT2D eigenvalue weighted by atomic mass is 32.1. The lowest BCUT2D eigenvalue weighted by atomic mass is 10.1. The molecule has 0 bridgehead atoms. The van der Waals surface area contributed by atoms with Gasteiger partial charge >= 0.3 is 18.3 Å². The van der Waals surface area contributed by atoms with Crippen LogP contribution in [-0.4, -0.2) is 35.2 Å². The highest BCUT2D eigenvalue weighted by Gasteiger charge is 2.34. The van der Waals surface area contributed by atoms with Gasteiger partial charge in [-0.3, -0.25) is 5.32 Å². The molecule has 0 radical (unpaired) electrons. The lowest BCUT2D eigenvalue weighted by Crippen LogP contribution is -2.38. The monoisotopic (exact) mass is 414 g/mol. The van der Waals surface area contributed by atoms with E-state index < -0.39 is 23.9 Å². The van der Waals surface area contributed by atoms with Crippen molar-refractivity contribution in [2.45, 2.75) is 26.1 Å². The zero-order valence-corrected chi connectivity index (χ0v) is 15.6. The number of halogens is 3. The first kappa shape index (κ1) is 19.9. The first-order chi connectivity index (χ1) is 13.3. The van der Waals surface area contributed by atoms with Crippen LogP contribution in [-0.2, 0) is 23.9 Å². The summed E-state index contributed by atoms with van der Waals surface area (Å²) in [6, 6.07) is 4.19. The molecule has 2 aromatic rings. The number of nitrogens with one attached hydrogen (secondary N) is 2. The number of aromatic nitrogens is 1. The normalized spacial score (nSPS) is 13.6. The Labute approximate surface area is 162 Å². The zero-order chi connectivity index (χ0) is 20.3. The van der Waals surface area contributed by atoms with E-state index in [0.29, 0.717) is 18.1 Å². The molecule has 0 atom stereocenters. The summed E-state index contributed by atoms with van der Waals surface area (Å²) in [4.78, 5) is 30.4. The summed E-state index contributed by atoms with van der Waals surface area (Å²) in [6.45, 7) is 2.40. The van der Waals surface area contributed by atoms with Gasteiger partial charge in [0.15, 0.2) is 5.13 Å². The summed E-state index contributed by atoms with van der Waals surface area (Å²) in [5.41, 5.74) is -0.448. The van der Waals surface area contributed by atoms with Crippen molar-refractivity contribution in [3.63, 3.8) is 0 Å². The van der Waals surface area contributed by atoms with Crippen molar-refractivity contribution in [3.05, 3.63) is 40.4 Å². The Morgan fingerprint density at radius 2 is 2.04 bits per heavy atom. The van der Waals surface area contributed by atoms with Gasteiger partial charge in [0.2, 0.25) is 0 Å². The van der Waals surface area contributed by atoms with Gasteiger partial charge < -0.3 is 15.0 Å². The summed E-state index contributed by atoms with van der Waals surface area (Å²) in [5.74, 6) is 0. The average Bonchev–Trinajstić information content (AvgIpc) is 3.02. The SMILES string of the molecule is CCOC(=O)Nc1nc2c(s1)CN(C(=O)Nc1ccccc1C(F)(F)F)CC2. The fourth-order valence-corrected chi connectivity index (χ4v) is 3.72. The van der Waals surface area contributed by atoms with E-state index in [1.807, 2.05) is 0 Å². The fourth-order valence-electron chi connectivity index (χ4n) is 2.71. The van der Waals surface area contributed by atoms with E-state index in [-0.39, 0.29) is 18.8 Å². The molecule has 7 nitrogen and oxygen atoms in total. The Hall–Kier alpha value is -2.82. The van der Waals surface area contributed by atoms with Gasteiger partial charge in [-0.05, 0) is 19.1 Å². The number of fused-ring (bicyclic) bond motifs is 1. The van der Waals surface area contributed by atoms with E-state index in [4.69, 9.17) is 4.74 Å². The summed E-state index contributed by atoms with van der Waals surface area (Å²) >= 11 is 1.20. The third-order valence-corrected chi connectivity index (χ3v) is 4.97. The van der Waals surface area contributed by atoms with Crippen LogP contribution < -0.4 is 10.6 Å². The molecule has 1 aliphatic heterocycles. The van der Waals surface area contributed by atoms with E-state index in [9.17, 15) is 22.8 Å². The second-order valence-electron chi connectivity index (χ2n) is 5.88. The number of hydrogen-bond acceptors (Lipinski definition) is 5. The van der Waals surface area contributed by atoms with Gasteiger partial charge in [0.1, 0.15) is 0 Å². The van der Waals surface area contributed by atoms with Crippen molar-refractivity contribution in [1.82, 2.24) is 9.88 Å². The van der Waals surface area contributed by atoms with Gasteiger partial charge in [-0.1, -0.05) is 23.5 Å². The van der Waals surface area contributed by atoms with E-state index in [0.717, 1.165) is 16.6 Å². The smallest absolute Gasteiger partial charge is 0.418 e. The maximum Gasteiger partial charge on any atom is 0.418 e. The van der Waals surface area contributed by atoms with Crippen molar-refractivity contribution in [2.75, 3.05) is 23.8 Å². The number of thiazole rings is 1. The van der Waals surface area contributed by atoms with Crippen LogP contribution in [0.2, 0.25) is 0 Å². The van der Waals surface area contributed by atoms with Crippen LogP contribution in [0.15, 0.2) is 24.3 Å². The van der Waals surface area contributed by atoms with Crippen LogP contribution in [0.4, 0.5) is 33.6 Å². The third-order valence-electron chi connectivity index (χ3n) is 3.98. The molecule has 1 aliphatic rings. The maximum atomic E-state index is 13.1. The number of amides is 3. The molecule has 150 valence electrons. The maximum absolute atomic E-state index is 13.1. The van der Waals surface area contributed by atoms with Crippen LogP contribution >= 0.6 is 11.3 Å². The lowest BCUT2D eigenvalue weighted by molar-refractivity contribution is -0.136. The predicted octanol–water partition coefficient (Wildman–Crippen LogP) is 4.32. The number of para-hydroxylation sites is 1. The van der Waals surface area contributed by atoms with Gasteiger partial charge in [0.25, 0.3) is 0 Å². The van der Waals surface area contributed by atoms with E-state index in [1.54, 1.807) is 6.92 Å². The van der Waals surface area contributed by atoms with Gasteiger partial charge in [-0.25, -0.2) is 14.6 Å². The number of nitrogens with zero attached hydrogens (tertiary/aromatic N) is 2. The number of anilines is 2. The molecule has 0 saturated heterocycles. The number of benzene rings is 1. The number of hydrogen-bond donors (Lipinski definition) is 2. The highest BCUT2D eigenvalue weighted by Crippen LogP contribution is 2.35. The Morgan fingerprint density at radius 3 is 2.75 bits per heavy atom. The summed E-state index contributed by atoms with van der Waals surface area (Å²) in [5, 5.41) is 5.20. The Bertz CT molecular complexity index is 885. The Balaban J connectivity index is 1.68. The largest absolute Gasteiger partial charge is 0.450 e. The third kappa shape index (κ3) is 4.53. The van der Waals surface area contributed by atoms with Gasteiger partial charge in [-0.15, -0.1) is 0 Å². The molecular weight excluding hydrogens is 397 g/mol. The summed E-state index contributed by atoms with van der Waals surface area (Å²) in [6.07, 6.45) is -4.75. The lowest BCUT2D eigenvalue weighted by Gasteiger charge is -2.26. The van der Waals surface area contributed by atoms with Crippen LogP contribution in [0.1, 0.15) is 23.1 Å². The number of alkyl halides is 3. The van der Waals surface area contributed by atoms with E-state index in [2.05, 4.69) is 15.6 Å². The molecule has 0 fully saturated rings. The topological polar surface area (TPSA) is 83.6 Å². The molecule has 11 heteroatoms. The zero-order valence-electron chi connectivity index (χ0n) is 14.8. The van der Waals surface area contributed by atoms with Crippen molar-refractivity contribution < 1.29 is 27.5 Å². The minimum Gasteiger partial charge on any atom is -0.450 e. The first-order valence-electron chi connectivity index (χ1n) is 8.42. The van der Waals surface area contributed by atoms with Crippen LogP contribution in [0.3, 0.4) is 0 Å². The standard InChI is InChI=1S/C17H17F3N4O3S/c1-2-27-16(26)23-14-21-12-7-8-24(9-13(12)28-14)15(25)22-11-6-4-3-5-10(11)17(18,19)20/h3-6H,2,7-9H2,1H3,(H,22,25)(H,21,23,26). The highest BCUT2D eigenvalue weighted by molar-refractivity contribution is 7.15. The van der Waals surface area contributed by atoms with Gasteiger partial charge in [0.05, 0.1) is 30.1 Å². The second kappa shape index (κ2) is 8.05. The Kier molecular flexibility index (Phi) is 5.73. The van der Waals surface area contributed by atoms with Crippen LogP contribution in [0.5, 0.6) is 0 Å². The number of urea groups is 1. The number of rotatable bonds is 3. The van der Waals surface area contributed by atoms with Crippen LogP contribution in [0.25, 0.3) is 0 Å². The van der Waals surface area contributed by atoms with Gasteiger partial charge in [0, 0.05) is 17.8 Å². The molecule has 2 heterocycles. The van der Waals surface area contributed by atoms with Crippen molar-refractivity contribution >= 4 is 34.3 Å². The fraction of sp³-hybridized carbons (Fsp3) is 0.353. The van der Waals surface area contributed by atoms with Crippen molar-refractivity contribution in [3.8, 4) is 0 Å². The molecular formula is C17H17F3N4O3S. The molecule has 1 aromatic carbocycles. The van der Waals surface area contributed by atoms with Crippen molar-refractivity contribution in [1.29, 1.82) is 0 Å². The molecule has 1 aromatic heterocycles. The molecule has 0 aliphatic carbocycles. The predicted molar refractivity (Wildman–Crippen MR) is 97.3 cm³/mol. The summed E-state index contributed by atoms with van der Waals surface area (Å²) in [7, 11) is 0. The van der Waals surface area contributed by atoms with Crippen LogP contribution in [0, 0.1) is 0 Å².